The van der Waals surface area contributed by atoms with Gasteiger partial charge in [-0.05, 0) is 42.7 Å². The lowest BCUT2D eigenvalue weighted by Gasteiger charge is -2.20. The van der Waals surface area contributed by atoms with Gasteiger partial charge in [-0.15, -0.1) is 0 Å². The first kappa shape index (κ1) is 14.5. The molecule has 118 valence electrons. The number of furan rings is 1. The van der Waals surface area contributed by atoms with Gasteiger partial charge in [0.25, 0.3) is 0 Å². The fraction of sp³-hybridized carbons (Fsp3) is 0.278. The number of nitrogens with zero attached hydrogens (tertiary/aromatic N) is 2. The molecule has 0 N–H and O–H groups in total. The van der Waals surface area contributed by atoms with E-state index in [1.807, 2.05) is 30.3 Å². The predicted molar refractivity (Wildman–Crippen MR) is 87.9 cm³/mol. The molecule has 2 aromatic heterocycles. The fourth-order valence-electron chi connectivity index (χ4n) is 2.71. The van der Waals surface area contributed by atoms with Crippen molar-refractivity contribution in [3.8, 4) is 11.5 Å². The van der Waals surface area contributed by atoms with Gasteiger partial charge in [-0.25, -0.2) is 0 Å². The van der Waals surface area contributed by atoms with E-state index in [4.69, 9.17) is 20.5 Å². The van der Waals surface area contributed by atoms with Gasteiger partial charge in [0.1, 0.15) is 0 Å². The molecule has 0 unspecified atom stereocenters. The van der Waals surface area contributed by atoms with Gasteiger partial charge in [0, 0.05) is 30.2 Å². The summed E-state index contributed by atoms with van der Waals surface area (Å²) >= 11 is 5.96. The maximum Gasteiger partial charge on any atom is 0.202 e. The molecule has 0 saturated heterocycles. The minimum absolute atomic E-state index is 0.634. The van der Waals surface area contributed by atoms with Crippen molar-refractivity contribution < 1.29 is 8.94 Å². The molecule has 0 radical (unpaired) electrons. The van der Waals surface area contributed by atoms with E-state index in [9.17, 15) is 0 Å². The minimum atomic E-state index is 0.634. The van der Waals surface area contributed by atoms with E-state index < -0.39 is 0 Å². The predicted octanol–water partition coefficient (Wildman–Crippen LogP) is 4.75. The largest absolute Gasteiger partial charge is 0.461 e. The zero-order valence-electron chi connectivity index (χ0n) is 12.6. The van der Waals surface area contributed by atoms with Crippen LogP contribution in [0.5, 0.6) is 0 Å². The first-order valence-electron chi connectivity index (χ1n) is 7.76. The van der Waals surface area contributed by atoms with Gasteiger partial charge < -0.3 is 8.94 Å². The summed E-state index contributed by atoms with van der Waals surface area (Å²) in [6.07, 6.45) is 4.13. The van der Waals surface area contributed by atoms with Crippen LogP contribution in [0, 0.1) is 0 Å². The summed E-state index contributed by atoms with van der Waals surface area (Å²) in [7, 11) is 0. The molecule has 1 aliphatic rings. The molecule has 1 aromatic carbocycles. The Morgan fingerprint density at radius 1 is 1.09 bits per heavy atom. The van der Waals surface area contributed by atoms with Gasteiger partial charge >= 0.3 is 0 Å². The third kappa shape index (κ3) is 3.49. The zero-order chi connectivity index (χ0) is 15.6. The molecule has 23 heavy (non-hydrogen) atoms. The molecule has 0 atom stereocenters. The second-order valence-corrected chi connectivity index (χ2v) is 6.36. The van der Waals surface area contributed by atoms with Crippen LogP contribution in [0.4, 0.5) is 0 Å². The van der Waals surface area contributed by atoms with Gasteiger partial charge in [0.05, 0.1) is 12.0 Å². The van der Waals surface area contributed by atoms with Crippen LogP contribution in [0.25, 0.3) is 11.5 Å². The number of hydrogen-bond acceptors (Lipinski definition) is 4. The Bertz CT molecular complexity index is 761. The molecule has 1 fully saturated rings. The highest BCUT2D eigenvalue weighted by Crippen LogP contribution is 2.30. The van der Waals surface area contributed by atoms with Crippen LogP contribution in [0.15, 0.2) is 57.7 Å². The Balaban J connectivity index is 1.47. The zero-order valence-corrected chi connectivity index (χ0v) is 13.4. The smallest absolute Gasteiger partial charge is 0.202 e. The molecule has 0 spiro atoms. The van der Waals surface area contributed by atoms with Crippen molar-refractivity contribution in [2.75, 3.05) is 0 Å². The van der Waals surface area contributed by atoms with E-state index >= 15 is 0 Å². The van der Waals surface area contributed by atoms with Crippen molar-refractivity contribution in [2.24, 2.45) is 0 Å². The Hall–Kier alpha value is -2.04. The molecule has 4 rings (SSSR count). The summed E-state index contributed by atoms with van der Waals surface area (Å²) in [6.45, 7) is 1.67. The van der Waals surface area contributed by atoms with Crippen molar-refractivity contribution in [1.29, 1.82) is 0 Å². The summed E-state index contributed by atoms with van der Waals surface area (Å²) in [6, 6.07) is 14.3. The Morgan fingerprint density at radius 3 is 2.61 bits per heavy atom. The number of benzene rings is 1. The Morgan fingerprint density at radius 2 is 1.91 bits per heavy atom. The van der Waals surface area contributed by atoms with E-state index in [1.165, 1.54) is 18.4 Å². The lowest BCUT2D eigenvalue weighted by Crippen LogP contribution is -2.25. The van der Waals surface area contributed by atoms with E-state index in [0.717, 1.165) is 23.8 Å². The summed E-state index contributed by atoms with van der Waals surface area (Å²) in [5, 5.41) is 4.95. The fourth-order valence-corrected chi connectivity index (χ4v) is 2.83. The summed E-state index contributed by atoms with van der Waals surface area (Å²) in [5.74, 6) is 1.38. The molecule has 4 nitrogen and oxygen atoms in total. The second-order valence-electron chi connectivity index (χ2n) is 5.92. The van der Waals surface area contributed by atoms with Gasteiger partial charge in [0.2, 0.25) is 5.76 Å². The molecular weight excluding hydrogens is 312 g/mol. The average molecular weight is 329 g/mol. The molecule has 1 saturated carbocycles. The first-order valence-corrected chi connectivity index (χ1v) is 8.14. The SMILES string of the molecule is Clc1ccc(CN(Cc2cc(-c3ccco3)on2)C2CC2)cc1. The molecular formula is C18H17ClN2O2. The van der Waals surface area contributed by atoms with Crippen molar-refractivity contribution in [3.63, 3.8) is 0 Å². The van der Waals surface area contributed by atoms with Crippen LogP contribution in [0.2, 0.25) is 5.02 Å². The van der Waals surface area contributed by atoms with Gasteiger partial charge in [0.15, 0.2) is 5.76 Å². The first-order chi connectivity index (χ1) is 11.3. The normalized spacial score (nSPS) is 14.5. The van der Waals surface area contributed by atoms with E-state index in [-0.39, 0.29) is 0 Å². The quantitative estimate of drug-likeness (QED) is 0.654. The standard InChI is InChI=1S/C18H17ClN2O2/c19-14-5-3-13(4-6-14)11-21(16-7-8-16)12-15-10-18(23-20-15)17-2-1-9-22-17/h1-6,9-10,16H,7-8,11-12H2. The van der Waals surface area contributed by atoms with Gasteiger partial charge in [-0.1, -0.05) is 28.9 Å². The molecule has 1 aliphatic carbocycles. The highest BCUT2D eigenvalue weighted by molar-refractivity contribution is 6.30. The molecule has 0 aliphatic heterocycles. The number of aromatic nitrogens is 1. The Kier molecular flexibility index (Phi) is 3.93. The van der Waals surface area contributed by atoms with Crippen LogP contribution in [-0.2, 0) is 13.1 Å². The van der Waals surface area contributed by atoms with E-state index in [0.29, 0.717) is 17.6 Å². The number of rotatable bonds is 6. The van der Waals surface area contributed by atoms with E-state index in [2.05, 4.69) is 22.2 Å². The van der Waals surface area contributed by atoms with Crippen molar-refractivity contribution in [1.82, 2.24) is 10.1 Å². The Labute approximate surface area is 139 Å². The topological polar surface area (TPSA) is 42.4 Å². The highest BCUT2D eigenvalue weighted by atomic mass is 35.5. The summed E-state index contributed by atoms with van der Waals surface area (Å²) in [5.41, 5.74) is 2.19. The van der Waals surface area contributed by atoms with Gasteiger partial charge in [-0.3, -0.25) is 4.90 Å². The lowest BCUT2D eigenvalue weighted by molar-refractivity contribution is 0.237. The van der Waals surface area contributed by atoms with Crippen LogP contribution in [0.3, 0.4) is 0 Å². The molecule has 3 aromatic rings. The monoisotopic (exact) mass is 328 g/mol. The molecule has 0 bridgehead atoms. The minimum Gasteiger partial charge on any atom is -0.461 e. The second kappa shape index (κ2) is 6.22. The van der Waals surface area contributed by atoms with Crippen molar-refractivity contribution in [3.05, 3.63) is 65.0 Å². The maximum atomic E-state index is 5.96. The third-order valence-electron chi connectivity index (χ3n) is 4.05. The maximum absolute atomic E-state index is 5.96. The number of hydrogen-bond donors (Lipinski definition) is 0. The molecule has 2 heterocycles. The van der Waals surface area contributed by atoms with Crippen molar-refractivity contribution >= 4 is 11.6 Å². The average Bonchev–Trinajstić information content (AvgIpc) is 3.07. The van der Waals surface area contributed by atoms with Crippen LogP contribution in [0.1, 0.15) is 24.1 Å². The van der Waals surface area contributed by atoms with Crippen LogP contribution < -0.4 is 0 Å². The summed E-state index contributed by atoms with van der Waals surface area (Å²) in [4.78, 5) is 2.44. The summed E-state index contributed by atoms with van der Waals surface area (Å²) < 4.78 is 10.7. The van der Waals surface area contributed by atoms with Crippen molar-refractivity contribution in [2.45, 2.75) is 32.0 Å². The van der Waals surface area contributed by atoms with Crippen LogP contribution in [-0.4, -0.2) is 16.1 Å². The molecule has 5 heteroatoms. The third-order valence-corrected chi connectivity index (χ3v) is 4.30. The van der Waals surface area contributed by atoms with Crippen LogP contribution >= 0.6 is 11.6 Å². The highest BCUT2D eigenvalue weighted by Gasteiger charge is 2.29. The van der Waals surface area contributed by atoms with E-state index in [1.54, 1.807) is 6.26 Å². The number of halogens is 1. The van der Waals surface area contributed by atoms with Gasteiger partial charge in [-0.2, -0.15) is 0 Å². The lowest BCUT2D eigenvalue weighted by atomic mass is 10.2. The molecule has 0 amide bonds.